The van der Waals surface area contributed by atoms with Crippen molar-refractivity contribution >= 4 is 17.7 Å². The maximum atomic E-state index is 13.0. The van der Waals surface area contributed by atoms with E-state index in [1.807, 2.05) is 0 Å². The highest BCUT2D eigenvalue weighted by Gasteiger charge is 2.15. The van der Waals surface area contributed by atoms with Gasteiger partial charge in [-0.1, -0.05) is 0 Å². The Morgan fingerprint density at radius 1 is 1.35 bits per heavy atom. The summed E-state index contributed by atoms with van der Waals surface area (Å²) in [5.41, 5.74) is -0.212. The van der Waals surface area contributed by atoms with Crippen LogP contribution in [0.2, 0.25) is 0 Å². The second-order valence-corrected chi connectivity index (χ2v) is 3.64. The Hall–Kier alpha value is -2.51. The summed E-state index contributed by atoms with van der Waals surface area (Å²) in [5.74, 6) is -4.98. The van der Waals surface area contributed by atoms with E-state index in [9.17, 15) is 18.0 Å². The van der Waals surface area contributed by atoms with Gasteiger partial charge in [0.05, 0.1) is 6.61 Å². The van der Waals surface area contributed by atoms with Gasteiger partial charge >= 0.3 is 5.97 Å². The highest BCUT2D eigenvalue weighted by Crippen LogP contribution is 2.21. The minimum absolute atomic E-state index is 0.0996. The number of esters is 1. The molecule has 0 radical (unpaired) electrons. The molecule has 0 aliphatic carbocycles. The molecular weight excluding hydrogens is 277 g/mol. The molecule has 2 rings (SSSR count). The summed E-state index contributed by atoms with van der Waals surface area (Å²) >= 11 is 0. The molecule has 0 atom stereocenters. The van der Waals surface area contributed by atoms with Crippen molar-refractivity contribution in [2.75, 3.05) is 11.9 Å². The minimum atomic E-state index is -1.57. The lowest BCUT2D eigenvalue weighted by molar-refractivity contribution is 0.0519. The molecule has 1 aromatic heterocycles. The van der Waals surface area contributed by atoms with Crippen LogP contribution in [0.3, 0.4) is 0 Å². The molecule has 8 heteroatoms. The third-order valence-corrected chi connectivity index (χ3v) is 2.22. The third kappa shape index (κ3) is 2.90. The molecule has 1 aromatic carbocycles. The van der Waals surface area contributed by atoms with E-state index in [1.54, 1.807) is 6.92 Å². The van der Waals surface area contributed by atoms with Crippen LogP contribution in [0.4, 0.5) is 24.9 Å². The number of halogens is 3. The number of rotatable bonds is 4. The fourth-order valence-corrected chi connectivity index (χ4v) is 1.38. The summed E-state index contributed by atoms with van der Waals surface area (Å²) in [6.07, 6.45) is 1.02. The van der Waals surface area contributed by atoms with Crippen LogP contribution in [-0.4, -0.2) is 17.6 Å². The average molecular weight is 286 g/mol. The quantitative estimate of drug-likeness (QED) is 0.691. The number of hydrogen-bond acceptors (Lipinski definition) is 5. The number of aromatic nitrogens is 1. The zero-order chi connectivity index (χ0) is 14.7. The second kappa shape index (κ2) is 5.64. The maximum absolute atomic E-state index is 13.0. The molecule has 1 N–H and O–H groups in total. The summed E-state index contributed by atoms with van der Waals surface area (Å²) in [4.78, 5) is 15.0. The molecule has 106 valence electrons. The molecule has 2 aromatic rings. The Morgan fingerprint density at radius 3 is 2.60 bits per heavy atom. The van der Waals surface area contributed by atoms with Crippen LogP contribution in [0.15, 0.2) is 22.8 Å². The largest absolute Gasteiger partial charge is 0.461 e. The van der Waals surface area contributed by atoms with Crippen molar-refractivity contribution in [1.82, 2.24) is 4.98 Å². The van der Waals surface area contributed by atoms with Crippen LogP contribution in [0.5, 0.6) is 0 Å². The predicted molar refractivity (Wildman–Crippen MR) is 62.1 cm³/mol. The fraction of sp³-hybridized carbons (Fsp3) is 0.167. The molecule has 0 unspecified atom stereocenters. The first kappa shape index (κ1) is 13.9. The molecule has 0 aliphatic rings. The van der Waals surface area contributed by atoms with Gasteiger partial charge in [0, 0.05) is 17.8 Å². The van der Waals surface area contributed by atoms with Gasteiger partial charge in [-0.15, -0.1) is 0 Å². The topological polar surface area (TPSA) is 64.4 Å². The number of anilines is 2. The number of nitrogens with one attached hydrogen (secondary N) is 1. The van der Waals surface area contributed by atoms with E-state index in [-0.39, 0.29) is 24.0 Å². The summed E-state index contributed by atoms with van der Waals surface area (Å²) in [6.45, 7) is 1.80. The first-order valence-corrected chi connectivity index (χ1v) is 5.55. The van der Waals surface area contributed by atoms with Crippen molar-refractivity contribution in [2.24, 2.45) is 0 Å². The van der Waals surface area contributed by atoms with E-state index in [1.165, 1.54) is 0 Å². The molecule has 0 spiro atoms. The van der Waals surface area contributed by atoms with Gasteiger partial charge in [-0.05, 0) is 6.92 Å². The van der Waals surface area contributed by atoms with Crippen molar-refractivity contribution in [3.8, 4) is 0 Å². The predicted octanol–water partition coefficient (Wildman–Crippen LogP) is 3.01. The molecule has 0 saturated carbocycles. The van der Waals surface area contributed by atoms with Gasteiger partial charge < -0.3 is 14.5 Å². The van der Waals surface area contributed by atoms with Crippen LogP contribution >= 0.6 is 0 Å². The fourth-order valence-electron chi connectivity index (χ4n) is 1.38. The summed E-state index contributed by atoms with van der Waals surface area (Å²) < 4.78 is 48.3. The minimum Gasteiger partial charge on any atom is -0.461 e. The van der Waals surface area contributed by atoms with E-state index < -0.39 is 23.4 Å². The van der Waals surface area contributed by atoms with Crippen LogP contribution in [0, 0.1) is 17.5 Å². The number of nitrogens with zero attached hydrogens (tertiary/aromatic N) is 1. The van der Waals surface area contributed by atoms with Gasteiger partial charge in [0.2, 0.25) is 0 Å². The summed E-state index contributed by atoms with van der Waals surface area (Å²) in [7, 11) is 0. The number of ether oxygens (including phenoxy) is 1. The lowest BCUT2D eigenvalue weighted by atomic mass is 10.3. The normalized spacial score (nSPS) is 10.4. The lowest BCUT2D eigenvalue weighted by Crippen LogP contribution is -2.05. The molecule has 0 bridgehead atoms. The van der Waals surface area contributed by atoms with Gasteiger partial charge in [-0.25, -0.2) is 18.0 Å². The van der Waals surface area contributed by atoms with Gasteiger partial charge in [-0.2, -0.15) is 4.98 Å². The monoisotopic (exact) mass is 286 g/mol. The van der Waals surface area contributed by atoms with E-state index in [0.29, 0.717) is 0 Å². The number of benzene rings is 1. The van der Waals surface area contributed by atoms with Gasteiger partial charge in [0.15, 0.2) is 23.1 Å². The molecule has 0 fully saturated rings. The number of carbonyl (C=O) groups is 1. The van der Waals surface area contributed by atoms with E-state index >= 15 is 0 Å². The van der Waals surface area contributed by atoms with E-state index in [2.05, 4.69) is 15.0 Å². The number of carbonyl (C=O) groups excluding carboxylic acids is 1. The zero-order valence-electron chi connectivity index (χ0n) is 10.2. The Labute approximate surface area is 111 Å². The van der Waals surface area contributed by atoms with Crippen LogP contribution in [0.1, 0.15) is 17.4 Å². The first-order chi connectivity index (χ1) is 9.51. The van der Waals surface area contributed by atoms with Gasteiger partial charge in [0.25, 0.3) is 6.01 Å². The van der Waals surface area contributed by atoms with Crippen molar-refractivity contribution in [1.29, 1.82) is 0 Å². The van der Waals surface area contributed by atoms with Crippen LogP contribution in [-0.2, 0) is 4.74 Å². The summed E-state index contributed by atoms with van der Waals surface area (Å²) in [6, 6.07) is 1.28. The lowest BCUT2D eigenvalue weighted by Gasteiger charge is -2.03. The van der Waals surface area contributed by atoms with Gasteiger partial charge in [-0.3, -0.25) is 0 Å². The van der Waals surface area contributed by atoms with E-state index in [4.69, 9.17) is 4.42 Å². The number of oxazole rings is 1. The summed E-state index contributed by atoms with van der Waals surface area (Å²) in [5, 5.41) is 2.40. The maximum Gasteiger partial charge on any atom is 0.360 e. The van der Waals surface area contributed by atoms with Crippen molar-refractivity contribution < 1.29 is 27.1 Å². The SMILES string of the molecule is CCOC(=O)c1coc(Nc2cc(F)c(F)c(F)c2)n1. The first-order valence-electron chi connectivity index (χ1n) is 5.55. The Bertz CT molecular complexity index is 620. The Balaban J connectivity index is 2.17. The van der Waals surface area contributed by atoms with Crippen LogP contribution < -0.4 is 5.32 Å². The van der Waals surface area contributed by atoms with Crippen molar-refractivity contribution in [3.05, 3.63) is 41.5 Å². The molecule has 0 aliphatic heterocycles. The third-order valence-electron chi connectivity index (χ3n) is 2.22. The second-order valence-electron chi connectivity index (χ2n) is 3.64. The number of hydrogen-bond donors (Lipinski definition) is 1. The van der Waals surface area contributed by atoms with Crippen LogP contribution in [0.25, 0.3) is 0 Å². The highest BCUT2D eigenvalue weighted by molar-refractivity contribution is 5.87. The van der Waals surface area contributed by atoms with Crippen molar-refractivity contribution in [2.45, 2.75) is 6.92 Å². The zero-order valence-corrected chi connectivity index (χ0v) is 10.2. The average Bonchev–Trinajstić information content (AvgIpc) is 2.85. The Kier molecular flexibility index (Phi) is 3.92. The molecule has 5 nitrogen and oxygen atoms in total. The molecular formula is C12H9F3N2O3. The molecule has 0 amide bonds. The standard InChI is InChI=1S/C12H9F3N2O3/c1-2-19-11(18)9-5-20-12(17-9)16-6-3-7(13)10(15)8(14)4-6/h3-5H,2H2,1H3,(H,16,17). The molecule has 0 saturated heterocycles. The Morgan fingerprint density at radius 2 is 2.00 bits per heavy atom. The smallest absolute Gasteiger partial charge is 0.360 e. The van der Waals surface area contributed by atoms with Gasteiger partial charge in [0.1, 0.15) is 6.26 Å². The molecule has 20 heavy (non-hydrogen) atoms. The highest BCUT2D eigenvalue weighted by atomic mass is 19.2. The van der Waals surface area contributed by atoms with E-state index in [0.717, 1.165) is 18.4 Å². The molecule has 1 heterocycles. The van der Waals surface area contributed by atoms with Crippen molar-refractivity contribution in [3.63, 3.8) is 0 Å².